The van der Waals surface area contributed by atoms with E-state index >= 15 is 0 Å². The van der Waals surface area contributed by atoms with Crippen LogP contribution >= 0.6 is 0 Å². The van der Waals surface area contributed by atoms with Crippen molar-refractivity contribution < 1.29 is 19.1 Å². The molecule has 0 saturated carbocycles. The van der Waals surface area contributed by atoms with E-state index in [1.807, 2.05) is 18.2 Å². The van der Waals surface area contributed by atoms with Crippen LogP contribution in [0.4, 0.5) is 0 Å². The van der Waals surface area contributed by atoms with Crippen LogP contribution in [0.15, 0.2) is 30.3 Å². The molecule has 0 aliphatic heterocycles. The Balaban J connectivity index is 2.93. The van der Waals surface area contributed by atoms with Crippen molar-refractivity contribution in [1.82, 2.24) is 0 Å². The molecule has 19 heavy (non-hydrogen) atoms. The fourth-order valence-corrected chi connectivity index (χ4v) is 1.65. The molecule has 0 aromatic heterocycles. The zero-order chi connectivity index (χ0) is 14.5. The molecule has 1 aromatic carbocycles. The quantitative estimate of drug-likeness (QED) is 0.784. The SMILES string of the molecule is COC(=O)CC(C(=O)OC(C)(C)C)c1ccccc1. The number of hydrogen-bond donors (Lipinski definition) is 0. The van der Waals surface area contributed by atoms with Gasteiger partial charge in [0.15, 0.2) is 0 Å². The van der Waals surface area contributed by atoms with Gasteiger partial charge >= 0.3 is 11.9 Å². The van der Waals surface area contributed by atoms with Gasteiger partial charge in [0.25, 0.3) is 0 Å². The van der Waals surface area contributed by atoms with Gasteiger partial charge in [-0.05, 0) is 26.3 Å². The van der Waals surface area contributed by atoms with Crippen molar-refractivity contribution >= 4 is 11.9 Å². The van der Waals surface area contributed by atoms with Gasteiger partial charge in [-0.3, -0.25) is 9.59 Å². The van der Waals surface area contributed by atoms with E-state index in [1.165, 1.54) is 7.11 Å². The minimum absolute atomic E-state index is 0.0184. The van der Waals surface area contributed by atoms with Crippen LogP contribution in [0.2, 0.25) is 0 Å². The highest BCUT2D eigenvalue weighted by atomic mass is 16.6. The van der Waals surface area contributed by atoms with Crippen molar-refractivity contribution in [3.8, 4) is 0 Å². The summed E-state index contributed by atoms with van der Waals surface area (Å²) in [6, 6.07) is 9.11. The van der Waals surface area contributed by atoms with Gasteiger partial charge in [-0.15, -0.1) is 0 Å². The molecule has 1 unspecified atom stereocenters. The molecule has 1 rings (SSSR count). The van der Waals surface area contributed by atoms with E-state index < -0.39 is 23.5 Å². The van der Waals surface area contributed by atoms with Gasteiger partial charge < -0.3 is 9.47 Å². The zero-order valence-electron chi connectivity index (χ0n) is 11.8. The molecule has 1 aromatic rings. The number of carbonyl (C=O) groups is 2. The first-order chi connectivity index (χ1) is 8.83. The molecule has 0 aliphatic rings. The Morgan fingerprint density at radius 3 is 2.21 bits per heavy atom. The van der Waals surface area contributed by atoms with Gasteiger partial charge in [-0.1, -0.05) is 30.3 Å². The molecule has 0 radical (unpaired) electrons. The first-order valence-electron chi connectivity index (χ1n) is 6.18. The summed E-state index contributed by atoms with van der Waals surface area (Å²) in [5, 5.41) is 0. The van der Waals surface area contributed by atoms with Crippen LogP contribution in [0.25, 0.3) is 0 Å². The molecule has 0 amide bonds. The van der Waals surface area contributed by atoms with Crippen molar-refractivity contribution in [2.75, 3.05) is 7.11 Å². The number of ether oxygens (including phenoxy) is 2. The number of hydrogen-bond acceptors (Lipinski definition) is 4. The van der Waals surface area contributed by atoms with E-state index in [0.29, 0.717) is 0 Å². The largest absolute Gasteiger partial charge is 0.469 e. The molecule has 1 atom stereocenters. The second kappa shape index (κ2) is 6.36. The van der Waals surface area contributed by atoms with Gasteiger partial charge in [0.2, 0.25) is 0 Å². The average Bonchev–Trinajstić information content (AvgIpc) is 2.34. The third-order valence-electron chi connectivity index (χ3n) is 2.49. The lowest BCUT2D eigenvalue weighted by molar-refractivity contribution is -0.159. The van der Waals surface area contributed by atoms with Crippen molar-refractivity contribution in [3.05, 3.63) is 35.9 Å². The lowest BCUT2D eigenvalue weighted by atomic mass is 9.95. The monoisotopic (exact) mass is 264 g/mol. The van der Waals surface area contributed by atoms with Gasteiger partial charge in [-0.2, -0.15) is 0 Å². The molecule has 4 heteroatoms. The average molecular weight is 264 g/mol. The van der Waals surface area contributed by atoms with Crippen LogP contribution in [-0.2, 0) is 19.1 Å². The maximum absolute atomic E-state index is 12.2. The van der Waals surface area contributed by atoms with Crippen LogP contribution in [0.5, 0.6) is 0 Å². The molecule has 0 heterocycles. The zero-order valence-corrected chi connectivity index (χ0v) is 11.8. The van der Waals surface area contributed by atoms with Crippen molar-refractivity contribution in [3.63, 3.8) is 0 Å². The minimum Gasteiger partial charge on any atom is -0.469 e. The molecule has 0 fully saturated rings. The molecular weight excluding hydrogens is 244 g/mol. The summed E-state index contributed by atoms with van der Waals surface area (Å²) in [5.74, 6) is -1.48. The van der Waals surface area contributed by atoms with E-state index in [4.69, 9.17) is 4.74 Å². The number of esters is 2. The van der Waals surface area contributed by atoms with E-state index in [1.54, 1.807) is 32.9 Å². The Morgan fingerprint density at radius 1 is 1.16 bits per heavy atom. The minimum atomic E-state index is -0.632. The molecule has 0 saturated heterocycles. The third kappa shape index (κ3) is 5.12. The predicted octanol–water partition coefficient (Wildman–Crippen LogP) is 2.68. The van der Waals surface area contributed by atoms with Crippen LogP contribution in [0.3, 0.4) is 0 Å². The summed E-state index contributed by atoms with van der Waals surface area (Å²) in [6.07, 6.45) is -0.0184. The van der Waals surface area contributed by atoms with Crippen LogP contribution < -0.4 is 0 Å². The topological polar surface area (TPSA) is 52.6 Å². The highest BCUT2D eigenvalue weighted by molar-refractivity contribution is 5.84. The molecule has 104 valence electrons. The lowest BCUT2D eigenvalue weighted by Gasteiger charge is -2.23. The molecule has 0 N–H and O–H groups in total. The molecule has 0 aliphatic carbocycles. The maximum Gasteiger partial charge on any atom is 0.314 e. The Hall–Kier alpha value is -1.84. The predicted molar refractivity (Wildman–Crippen MR) is 71.7 cm³/mol. The maximum atomic E-state index is 12.2. The normalized spacial score (nSPS) is 12.6. The molecule has 0 bridgehead atoms. The summed E-state index contributed by atoms with van der Waals surface area (Å²) in [4.78, 5) is 23.6. The number of benzene rings is 1. The Labute approximate surface area is 113 Å². The standard InChI is InChI=1S/C15H20O4/c1-15(2,3)19-14(17)12(10-13(16)18-4)11-8-6-5-7-9-11/h5-9,12H,10H2,1-4H3. The highest BCUT2D eigenvalue weighted by Crippen LogP contribution is 2.24. The Morgan fingerprint density at radius 2 is 1.74 bits per heavy atom. The first kappa shape index (κ1) is 15.2. The Kier molecular flexibility index (Phi) is 5.10. The van der Waals surface area contributed by atoms with E-state index in [-0.39, 0.29) is 6.42 Å². The summed E-state index contributed by atoms with van der Waals surface area (Å²) in [5.41, 5.74) is 0.169. The summed E-state index contributed by atoms with van der Waals surface area (Å²) >= 11 is 0. The molecule has 0 spiro atoms. The van der Waals surface area contributed by atoms with Gasteiger partial charge in [0.1, 0.15) is 5.60 Å². The Bertz CT molecular complexity index is 431. The van der Waals surface area contributed by atoms with Gasteiger partial charge in [0, 0.05) is 0 Å². The van der Waals surface area contributed by atoms with Crippen LogP contribution in [0.1, 0.15) is 38.7 Å². The van der Waals surface area contributed by atoms with Gasteiger partial charge in [-0.25, -0.2) is 0 Å². The second-order valence-corrected chi connectivity index (χ2v) is 5.28. The van der Waals surface area contributed by atoms with Crippen LogP contribution in [0, 0.1) is 0 Å². The molecular formula is C15H20O4. The van der Waals surface area contributed by atoms with Crippen molar-refractivity contribution in [2.45, 2.75) is 38.7 Å². The number of methoxy groups -OCH3 is 1. The fourth-order valence-electron chi connectivity index (χ4n) is 1.65. The van der Waals surface area contributed by atoms with Crippen molar-refractivity contribution in [1.29, 1.82) is 0 Å². The van der Waals surface area contributed by atoms with Crippen LogP contribution in [-0.4, -0.2) is 24.6 Å². The summed E-state index contributed by atoms with van der Waals surface area (Å²) in [7, 11) is 1.31. The number of rotatable bonds is 4. The third-order valence-corrected chi connectivity index (χ3v) is 2.49. The fraction of sp³-hybridized carbons (Fsp3) is 0.467. The second-order valence-electron chi connectivity index (χ2n) is 5.28. The molecule has 4 nitrogen and oxygen atoms in total. The van der Waals surface area contributed by atoms with Gasteiger partial charge in [0.05, 0.1) is 19.4 Å². The first-order valence-corrected chi connectivity index (χ1v) is 6.18. The van der Waals surface area contributed by atoms with Crippen molar-refractivity contribution in [2.24, 2.45) is 0 Å². The lowest BCUT2D eigenvalue weighted by Crippen LogP contribution is -2.29. The summed E-state index contributed by atoms with van der Waals surface area (Å²) in [6.45, 7) is 5.39. The number of carbonyl (C=O) groups excluding carboxylic acids is 2. The highest BCUT2D eigenvalue weighted by Gasteiger charge is 2.28. The van der Waals surface area contributed by atoms with E-state index in [0.717, 1.165) is 5.56 Å². The van der Waals surface area contributed by atoms with E-state index in [9.17, 15) is 9.59 Å². The smallest absolute Gasteiger partial charge is 0.314 e. The van der Waals surface area contributed by atoms with E-state index in [2.05, 4.69) is 4.74 Å². The summed E-state index contributed by atoms with van der Waals surface area (Å²) < 4.78 is 9.99.